The fourth-order valence-electron chi connectivity index (χ4n) is 2.17. The smallest absolute Gasteiger partial charge is 0.121 e. The first-order valence-corrected chi connectivity index (χ1v) is 7.49. The normalized spacial score (nSPS) is 12.8. The molecule has 0 fully saturated rings. The summed E-state index contributed by atoms with van der Waals surface area (Å²) in [7, 11) is 0. The first-order valence-electron chi connectivity index (χ1n) is 7.49. The number of hydrogen-bond acceptors (Lipinski definition) is 2. The minimum Gasteiger partial charge on any atom is -0.344 e. The maximum absolute atomic E-state index is 4.79. The molecule has 2 rings (SSSR count). The van der Waals surface area contributed by atoms with Gasteiger partial charge < -0.3 is 10.3 Å². The quantitative estimate of drug-likeness (QED) is 0.831. The Morgan fingerprint density at radius 2 is 1.85 bits per heavy atom. The number of hydrogen-bond donors (Lipinski definition) is 2. The Bertz CT molecular complexity index is 528. The van der Waals surface area contributed by atoms with Crippen molar-refractivity contribution in [3.8, 4) is 11.3 Å². The molecule has 1 aromatic heterocycles. The lowest BCUT2D eigenvalue weighted by atomic mass is 10.0. The first kappa shape index (κ1) is 14.8. The first-order chi connectivity index (χ1) is 9.61. The molecular formula is C17H25N3. The molecule has 0 aliphatic heterocycles. The number of benzene rings is 1. The zero-order chi connectivity index (χ0) is 14.5. The second kappa shape index (κ2) is 6.71. The molecule has 0 saturated carbocycles. The minimum atomic E-state index is 0.440. The van der Waals surface area contributed by atoms with E-state index in [4.69, 9.17) is 4.98 Å². The summed E-state index contributed by atoms with van der Waals surface area (Å²) < 4.78 is 0. The van der Waals surface area contributed by atoms with Crippen molar-refractivity contribution >= 4 is 0 Å². The van der Waals surface area contributed by atoms with Gasteiger partial charge in [-0.25, -0.2) is 4.98 Å². The Morgan fingerprint density at radius 1 is 1.15 bits per heavy atom. The molecule has 0 spiro atoms. The highest BCUT2D eigenvalue weighted by Gasteiger charge is 2.14. The van der Waals surface area contributed by atoms with Crippen molar-refractivity contribution in [3.63, 3.8) is 0 Å². The maximum Gasteiger partial charge on any atom is 0.121 e. The molecule has 0 aliphatic rings. The Balaban J connectivity index is 2.25. The van der Waals surface area contributed by atoms with E-state index in [0.717, 1.165) is 24.5 Å². The lowest BCUT2D eigenvalue weighted by Crippen LogP contribution is -2.25. The van der Waals surface area contributed by atoms with Gasteiger partial charge in [-0.05, 0) is 19.3 Å². The Hall–Kier alpha value is -1.61. The number of aromatic nitrogens is 2. The monoisotopic (exact) mass is 271 g/mol. The van der Waals surface area contributed by atoms with Gasteiger partial charge in [-0.15, -0.1) is 0 Å². The van der Waals surface area contributed by atoms with Crippen molar-refractivity contribution in [2.75, 3.05) is 0 Å². The van der Waals surface area contributed by atoms with Crippen LogP contribution in [0.4, 0.5) is 0 Å². The van der Waals surface area contributed by atoms with Gasteiger partial charge in [-0.2, -0.15) is 0 Å². The van der Waals surface area contributed by atoms with Crippen molar-refractivity contribution in [1.82, 2.24) is 15.3 Å². The molecule has 0 bridgehead atoms. The van der Waals surface area contributed by atoms with E-state index >= 15 is 0 Å². The minimum absolute atomic E-state index is 0.440. The molecule has 108 valence electrons. The molecule has 1 atom stereocenters. The number of imidazole rings is 1. The summed E-state index contributed by atoms with van der Waals surface area (Å²) in [4.78, 5) is 8.28. The molecule has 0 aliphatic carbocycles. The standard InChI is InChI=1S/C17H25N3/c1-5-13(4)18-11-15-19-16(12(2)3)17(20-15)14-9-7-6-8-10-14/h6-10,12-13,18H,5,11H2,1-4H3,(H,19,20). The molecular weight excluding hydrogens is 246 g/mol. The third kappa shape index (κ3) is 3.48. The molecule has 0 saturated heterocycles. The van der Waals surface area contributed by atoms with E-state index in [1.54, 1.807) is 0 Å². The lowest BCUT2D eigenvalue weighted by molar-refractivity contribution is 0.524. The molecule has 1 heterocycles. The van der Waals surface area contributed by atoms with Gasteiger partial charge in [0.15, 0.2) is 0 Å². The van der Waals surface area contributed by atoms with E-state index in [9.17, 15) is 0 Å². The number of aromatic amines is 1. The van der Waals surface area contributed by atoms with Crippen LogP contribution in [0.5, 0.6) is 0 Å². The average molecular weight is 271 g/mol. The topological polar surface area (TPSA) is 40.7 Å². The van der Waals surface area contributed by atoms with E-state index < -0.39 is 0 Å². The van der Waals surface area contributed by atoms with Crippen molar-refractivity contribution < 1.29 is 0 Å². The van der Waals surface area contributed by atoms with Crippen LogP contribution in [0.25, 0.3) is 11.3 Å². The van der Waals surface area contributed by atoms with Crippen LogP contribution in [0, 0.1) is 0 Å². The maximum atomic E-state index is 4.79. The van der Waals surface area contributed by atoms with Crippen LogP contribution >= 0.6 is 0 Å². The average Bonchev–Trinajstić information content (AvgIpc) is 2.90. The summed E-state index contributed by atoms with van der Waals surface area (Å²) in [6, 6.07) is 10.9. The number of nitrogens with zero attached hydrogens (tertiary/aromatic N) is 1. The van der Waals surface area contributed by atoms with Crippen molar-refractivity contribution in [3.05, 3.63) is 41.9 Å². The Labute approximate surface area is 121 Å². The molecule has 1 aromatic carbocycles. The van der Waals surface area contributed by atoms with Gasteiger partial charge in [-0.3, -0.25) is 0 Å². The fraction of sp³-hybridized carbons (Fsp3) is 0.471. The van der Waals surface area contributed by atoms with E-state index in [-0.39, 0.29) is 0 Å². The highest BCUT2D eigenvalue weighted by atomic mass is 15.0. The third-order valence-corrected chi connectivity index (χ3v) is 3.64. The van der Waals surface area contributed by atoms with Gasteiger partial charge in [0, 0.05) is 17.3 Å². The summed E-state index contributed by atoms with van der Waals surface area (Å²) in [6.07, 6.45) is 1.13. The van der Waals surface area contributed by atoms with Crippen LogP contribution in [0.15, 0.2) is 30.3 Å². The summed E-state index contributed by atoms with van der Waals surface area (Å²) in [5.41, 5.74) is 3.49. The molecule has 2 aromatic rings. The predicted octanol–water partition coefficient (Wildman–Crippen LogP) is 4.09. The predicted molar refractivity (Wildman–Crippen MR) is 84.7 cm³/mol. The lowest BCUT2D eigenvalue weighted by Gasteiger charge is -2.09. The third-order valence-electron chi connectivity index (χ3n) is 3.64. The number of nitrogens with one attached hydrogen (secondary N) is 2. The van der Waals surface area contributed by atoms with Crippen LogP contribution in [0.1, 0.15) is 51.6 Å². The molecule has 0 radical (unpaired) electrons. The largest absolute Gasteiger partial charge is 0.344 e. The Morgan fingerprint density at radius 3 is 2.45 bits per heavy atom. The zero-order valence-electron chi connectivity index (χ0n) is 12.9. The zero-order valence-corrected chi connectivity index (χ0v) is 12.9. The van der Waals surface area contributed by atoms with E-state index in [1.807, 2.05) is 6.07 Å². The van der Waals surface area contributed by atoms with E-state index in [1.165, 1.54) is 11.3 Å². The number of H-pyrrole nitrogens is 1. The summed E-state index contributed by atoms with van der Waals surface area (Å²) in [6.45, 7) is 9.58. The Kier molecular flexibility index (Phi) is 4.96. The second-order valence-electron chi connectivity index (χ2n) is 5.66. The molecule has 2 N–H and O–H groups in total. The van der Waals surface area contributed by atoms with Crippen LogP contribution in [-0.4, -0.2) is 16.0 Å². The van der Waals surface area contributed by atoms with Gasteiger partial charge in [0.1, 0.15) is 5.82 Å². The molecule has 3 nitrogen and oxygen atoms in total. The highest BCUT2D eigenvalue weighted by molar-refractivity contribution is 5.62. The highest BCUT2D eigenvalue weighted by Crippen LogP contribution is 2.26. The van der Waals surface area contributed by atoms with E-state index in [0.29, 0.717) is 12.0 Å². The summed E-state index contributed by atoms with van der Waals surface area (Å²) >= 11 is 0. The number of rotatable bonds is 6. The molecule has 0 amide bonds. The van der Waals surface area contributed by atoms with Gasteiger partial charge in [-0.1, -0.05) is 51.1 Å². The molecule has 20 heavy (non-hydrogen) atoms. The van der Waals surface area contributed by atoms with Crippen LogP contribution in [0.2, 0.25) is 0 Å². The van der Waals surface area contributed by atoms with Gasteiger partial charge >= 0.3 is 0 Å². The van der Waals surface area contributed by atoms with Crippen molar-refractivity contribution in [2.45, 2.75) is 52.6 Å². The van der Waals surface area contributed by atoms with Gasteiger partial charge in [0.05, 0.1) is 12.2 Å². The van der Waals surface area contributed by atoms with Crippen LogP contribution in [0.3, 0.4) is 0 Å². The van der Waals surface area contributed by atoms with Crippen molar-refractivity contribution in [2.24, 2.45) is 0 Å². The van der Waals surface area contributed by atoms with Gasteiger partial charge in [0.25, 0.3) is 0 Å². The second-order valence-corrected chi connectivity index (χ2v) is 5.66. The van der Waals surface area contributed by atoms with E-state index in [2.05, 4.69) is 62.3 Å². The SMILES string of the molecule is CCC(C)NCc1nc(-c2ccccc2)c(C(C)C)[nH]1. The van der Waals surface area contributed by atoms with Crippen molar-refractivity contribution in [1.29, 1.82) is 0 Å². The van der Waals surface area contributed by atoms with Crippen LogP contribution < -0.4 is 5.32 Å². The molecule has 1 unspecified atom stereocenters. The van der Waals surface area contributed by atoms with Gasteiger partial charge in [0.2, 0.25) is 0 Å². The van der Waals surface area contributed by atoms with Crippen LogP contribution in [-0.2, 0) is 6.54 Å². The fourth-order valence-corrected chi connectivity index (χ4v) is 2.17. The summed E-state index contributed by atoms with van der Waals surface area (Å²) in [5.74, 6) is 1.46. The summed E-state index contributed by atoms with van der Waals surface area (Å²) in [5, 5.41) is 3.49. The molecule has 3 heteroatoms.